The van der Waals surface area contributed by atoms with E-state index in [0.29, 0.717) is 44.9 Å². The van der Waals surface area contributed by atoms with Crippen molar-refractivity contribution in [3.63, 3.8) is 0 Å². The van der Waals surface area contributed by atoms with Crippen LogP contribution < -0.4 is 15.4 Å². The molecule has 0 radical (unpaired) electrons. The number of halogens is 1. The van der Waals surface area contributed by atoms with Crippen LogP contribution in [0.5, 0.6) is 11.5 Å². The molecule has 0 atom stereocenters. The number of piperidine rings is 1. The van der Waals surface area contributed by atoms with Crippen molar-refractivity contribution in [1.82, 2.24) is 15.5 Å². The summed E-state index contributed by atoms with van der Waals surface area (Å²) in [6.07, 6.45) is 1.53. The molecule has 0 saturated carbocycles. The van der Waals surface area contributed by atoms with Gasteiger partial charge in [0.2, 0.25) is 11.8 Å². The molecule has 2 aromatic carbocycles. The second kappa shape index (κ2) is 12.3. The molecule has 2 aromatic rings. The summed E-state index contributed by atoms with van der Waals surface area (Å²) in [6.45, 7) is 3.33. The molecule has 1 saturated heterocycles. The maximum atomic E-state index is 11.9. The molecule has 0 spiro atoms. The van der Waals surface area contributed by atoms with E-state index >= 15 is 0 Å². The summed E-state index contributed by atoms with van der Waals surface area (Å²) >= 11 is 0. The van der Waals surface area contributed by atoms with Gasteiger partial charge in [0, 0.05) is 45.1 Å². The number of nitrogens with one attached hydrogen (secondary N) is 2. The Morgan fingerprint density at radius 3 is 2.45 bits per heavy atom. The summed E-state index contributed by atoms with van der Waals surface area (Å²) in [5.74, 6) is 1.96. The Balaban J connectivity index is 0.00000341. The predicted octanol–water partition coefficient (Wildman–Crippen LogP) is 3.61. The molecule has 7 nitrogen and oxygen atoms in total. The van der Waals surface area contributed by atoms with Crippen LogP contribution in [0.3, 0.4) is 0 Å². The smallest absolute Gasteiger partial charge is 0.229 e. The number of guanidine groups is 1. The molecule has 3 rings (SSSR count). The minimum atomic E-state index is -0.0987. The molecule has 0 bridgehead atoms. The number of likely N-dealkylation sites (tertiary alicyclic amines) is 1. The molecular formula is C23H29IN4O3. The highest BCUT2D eigenvalue weighted by Gasteiger charge is 2.25. The predicted molar refractivity (Wildman–Crippen MR) is 132 cm³/mol. The fraction of sp³-hybridized carbons (Fsp3) is 0.348. The summed E-state index contributed by atoms with van der Waals surface area (Å²) in [7, 11) is 1.68. The van der Waals surface area contributed by atoms with Crippen molar-refractivity contribution in [1.29, 1.82) is 0 Å². The Kier molecular flexibility index (Phi) is 9.77. The van der Waals surface area contributed by atoms with Crippen molar-refractivity contribution in [2.24, 2.45) is 4.99 Å². The van der Waals surface area contributed by atoms with Gasteiger partial charge in [-0.2, -0.15) is 0 Å². The average molecular weight is 536 g/mol. The molecule has 1 aliphatic rings. The number of ether oxygens (including phenoxy) is 1. The van der Waals surface area contributed by atoms with Gasteiger partial charge in [-0.3, -0.25) is 19.5 Å². The molecule has 0 unspecified atom stereocenters. The fourth-order valence-electron chi connectivity index (χ4n) is 3.25. The summed E-state index contributed by atoms with van der Waals surface area (Å²) in [5, 5.41) is 6.42. The Morgan fingerprint density at radius 2 is 1.77 bits per heavy atom. The maximum absolute atomic E-state index is 11.9. The molecule has 0 aromatic heterocycles. The minimum absolute atomic E-state index is 0. The van der Waals surface area contributed by atoms with Crippen molar-refractivity contribution in [3.8, 4) is 11.5 Å². The third kappa shape index (κ3) is 7.23. The zero-order valence-electron chi connectivity index (χ0n) is 17.9. The third-order valence-electron chi connectivity index (χ3n) is 4.87. The van der Waals surface area contributed by atoms with E-state index in [-0.39, 0.29) is 35.8 Å². The first-order valence-electron chi connectivity index (χ1n) is 10.2. The molecule has 166 valence electrons. The third-order valence-corrected chi connectivity index (χ3v) is 4.87. The maximum Gasteiger partial charge on any atom is 0.229 e. The zero-order valence-corrected chi connectivity index (χ0v) is 20.2. The van der Waals surface area contributed by atoms with Crippen molar-refractivity contribution >= 4 is 41.8 Å². The van der Waals surface area contributed by atoms with Crippen LogP contribution in [0.1, 0.15) is 30.4 Å². The number of imide groups is 1. The number of carbonyl (C=O) groups excluding carboxylic acids is 2. The highest BCUT2D eigenvalue weighted by Crippen LogP contribution is 2.26. The van der Waals surface area contributed by atoms with Crippen LogP contribution in [0.15, 0.2) is 53.5 Å². The number of amides is 2. The van der Waals surface area contributed by atoms with E-state index in [1.807, 2.05) is 55.5 Å². The quantitative estimate of drug-likeness (QED) is 0.245. The van der Waals surface area contributed by atoms with E-state index in [4.69, 9.17) is 4.74 Å². The second-order valence-corrected chi connectivity index (χ2v) is 7.17. The highest BCUT2D eigenvalue weighted by atomic mass is 127. The van der Waals surface area contributed by atoms with Crippen LogP contribution in [-0.4, -0.2) is 42.8 Å². The van der Waals surface area contributed by atoms with Gasteiger partial charge in [0.15, 0.2) is 5.96 Å². The molecule has 31 heavy (non-hydrogen) atoms. The highest BCUT2D eigenvalue weighted by molar-refractivity contribution is 14.0. The van der Waals surface area contributed by atoms with Gasteiger partial charge in [-0.15, -0.1) is 24.0 Å². The molecule has 1 fully saturated rings. The van der Waals surface area contributed by atoms with E-state index in [1.165, 1.54) is 4.90 Å². The van der Waals surface area contributed by atoms with Gasteiger partial charge in [-0.1, -0.05) is 30.3 Å². The number of rotatable bonds is 7. The van der Waals surface area contributed by atoms with Gasteiger partial charge in [-0.25, -0.2) is 0 Å². The fourth-order valence-corrected chi connectivity index (χ4v) is 3.25. The Labute approximate surface area is 200 Å². The number of aliphatic imine (C=N–C) groups is 1. The van der Waals surface area contributed by atoms with Crippen molar-refractivity contribution < 1.29 is 14.3 Å². The van der Waals surface area contributed by atoms with Gasteiger partial charge in [-0.05, 0) is 37.1 Å². The van der Waals surface area contributed by atoms with Crippen LogP contribution >= 0.6 is 24.0 Å². The van der Waals surface area contributed by atoms with Crippen molar-refractivity contribution in [2.45, 2.75) is 32.7 Å². The van der Waals surface area contributed by atoms with Crippen LogP contribution in [0.25, 0.3) is 0 Å². The summed E-state index contributed by atoms with van der Waals surface area (Å²) in [4.78, 5) is 29.3. The zero-order chi connectivity index (χ0) is 21.3. The Hall–Kier alpha value is -2.62. The molecular weight excluding hydrogens is 507 g/mol. The first kappa shape index (κ1) is 24.6. The number of hydrogen-bond acceptors (Lipinski definition) is 4. The van der Waals surface area contributed by atoms with Crippen molar-refractivity contribution in [2.75, 3.05) is 20.1 Å². The van der Waals surface area contributed by atoms with E-state index in [9.17, 15) is 9.59 Å². The van der Waals surface area contributed by atoms with Crippen LogP contribution in [0.2, 0.25) is 0 Å². The first-order chi connectivity index (χ1) is 14.6. The topological polar surface area (TPSA) is 83.0 Å². The van der Waals surface area contributed by atoms with Crippen molar-refractivity contribution in [3.05, 3.63) is 59.7 Å². The summed E-state index contributed by atoms with van der Waals surface area (Å²) in [6, 6.07) is 15.7. The van der Waals surface area contributed by atoms with E-state index < -0.39 is 0 Å². The van der Waals surface area contributed by atoms with E-state index in [0.717, 1.165) is 22.6 Å². The van der Waals surface area contributed by atoms with Gasteiger partial charge >= 0.3 is 0 Å². The number of benzene rings is 2. The minimum Gasteiger partial charge on any atom is -0.457 e. The van der Waals surface area contributed by atoms with Crippen LogP contribution in [-0.2, 0) is 16.1 Å². The van der Waals surface area contributed by atoms with Gasteiger partial charge in [0.1, 0.15) is 11.5 Å². The Bertz CT molecular complexity index is 902. The number of para-hydroxylation sites is 1. The largest absolute Gasteiger partial charge is 0.457 e. The van der Waals surface area contributed by atoms with Gasteiger partial charge in [0.05, 0.1) is 0 Å². The molecule has 1 heterocycles. The standard InChI is InChI=1S/C23H28N4O3.HI/c1-17-11-12-18(20(15-17)30-19-7-4-3-5-8-19)16-26-23(24-2)25-13-14-27-21(28)9-6-10-22(27)29;/h3-5,7-8,11-12,15H,6,9-10,13-14,16H2,1-2H3,(H2,24,25,26);1H. The van der Waals surface area contributed by atoms with Crippen LogP contribution in [0, 0.1) is 6.92 Å². The van der Waals surface area contributed by atoms with Gasteiger partial charge < -0.3 is 15.4 Å². The molecule has 8 heteroatoms. The normalized spacial score (nSPS) is 14.1. The number of carbonyl (C=O) groups is 2. The second-order valence-electron chi connectivity index (χ2n) is 7.17. The number of nitrogens with zero attached hydrogens (tertiary/aromatic N) is 2. The lowest BCUT2D eigenvalue weighted by molar-refractivity contribution is -0.147. The first-order valence-corrected chi connectivity index (χ1v) is 10.2. The SMILES string of the molecule is CN=C(NCCN1C(=O)CCCC1=O)NCc1ccc(C)cc1Oc1ccccc1.I. The Morgan fingerprint density at radius 1 is 1.06 bits per heavy atom. The number of hydrogen-bond donors (Lipinski definition) is 2. The lowest BCUT2D eigenvalue weighted by atomic mass is 10.1. The van der Waals surface area contributed by atoms with Gasteiger partial charge in [0.25, 0.3) is 0 Å². The average Bonchev–Trinajstić information content (AvgIpc) is 2.74. The summed E-state index contributed by atoms with van der Waals surface area (Å²) < 4.78 is 6.06. The summed E-state index contributed by atoms with van der Waals surface area (Å²) in [5.41, 5.74) is 2.11. The monoisotopic (exact) mass is 536 g/mol. The van der Waals surface area contributed by atoms with E-state index in [2.05, 4.69) is 15.6 Å². The molecule has 2 N–H and O–H groups in total. The molecule has 2 amide bonds. The molecule has 1 aliphatic heterocycles. The lowest BCUT2D eigenvalue weighted by Crippen LogP contribution is -2.46. The van der Waals surface area contributed by atoms with E-state index in [1.54, 1.807) is 7.05 Å². The van der Waals surface area contributed by atoms with Crippen LogP contribution in [0.4, 0.5) is 0 Å². The molecule has 0 aliphatic carbocycles. The number of aryl methyl sites for hydroxylation is 1. The lowest BCUT2D eigenvalue weighted by Gasteiger charge is -2.25.